The first-order valence-corrected chi connectivity index (χ1v) is 9.01. The molecule has 4 rings (SSSR count). The summed E-state index contributed by atoms with van der Waals surface area (Å²) in [5.74, 6) is -0.765. The lowest BCUT2D eigenvalue weighted by Gasteiger charge is -2.34. The summed E-state index contributed by atoms with van der Waals surface area (Å²) >= 11 is 1.31. The fraction of sp³-hybridized carbons (Fsp3) is 0.0952. The molecule has 26 heavy (non-hydrogen) atoms. The zero-order valence-corrected chi connectivity index (χ0v) is 14.8. The van der Waals surface area contributed by atoms with E-state index in [1.165, 1.54) is 28.4 Å². The lowest BCUT2D eigenvalue weighted by atomic mass is 9.80. The minimum Gasteiger partial charge on any atom is -0.325 e. The van der Waals surface area contributed by atoms with Gasteiger partial charge >= 0.3 is 0 Å². The highest BCUT2D eigenvalue weighted by Crippen LogP contribution is 2.45. The molecule has 0 saturated carbocycles. The number of amides is 1. The molecular formula is C21H15NO3S. The second kappa shape index (κ2) is 6.04. The largest absolute Gasteiger partial charge is 0.325 e. The fourth-order valence-corrected chi connectivity index (χ4v) is 4.12. The molecule has 0 atom stereocenters. The summed E-state index contributed by atoms with van der Waals surface area (Å²) < 4.78 is 0. The lowest BCUT2D eigenvalue weighted by Crippen LogP contribution is -2.43. The first-order chi connectivity index (χ1) is 12.5. The van der Waals surface area contributed by atoms with E-state index in [0.717, 1.165) is 5.56 Å². The zero-order chi connectivity index (χ0) is 18.3. The van der Waals surface area contributed by atoms with E-state index in [-0.39, 0.29) is 23.0 Å². The third-order valence-electron chi connectivity index (χ3n) is 4.76. The standard InChI is InChI=1S/C21H15NO3S/c1-22-20(25)17(19(24)16-8-5-13-26-16)18(14-6-3-2-4-7-14)21(22)11-9-15(23)10-12-21/h2-13H,1H3. The number of likely N-dealkylation sites (N-methyl/N-ethyl adjacent to an activating group) is 1. The van der Waals surface area contributed by atoms with Crippen LogP contribution in [0.5, 0.6) is 0 Å². The Hall–Kier alpha value is -3.05. The topological polar surface area (TPSA) is 54.5 Å². The van der Waals surface area contributed by atoms with Crippen molar-refractivity contribution in [1.82, 2.24) is 4.90 Å². The van der Waals surface area contributed by atoms with Crippen LogP contribution in [0.2, 0.25) is 0 Å². The zero-order valence-electron chi connectivity index (χ0n) is 14.0. The van der Waals surface area contributed by atoms with Gasteiger partial charge in [0.1, 0.15) is 5.54 Å². The molecule has 4 nitrogen and oxygen atoms in total. The molecule has 2 aromatic rings. The maximum Gasteiger partial charge on any atom is 0.259 e. The van der Waals surface area contributed by atoms with Crippen LogP contribution in [0.3, 0.4) is 0 Å². The van der Waals surface area contributed by atoms with E-state index in [2.05, 4.69) is 0 Å². The summed E-state index contributed by atoms with van der Waals surface area (Å²) in [5, 5.41) is 1.81. The van der Waals surface area contributed by atoms with Gasteiger partial charge in [0.05, 0.1) is 10.5 Å². The van der Waals surface area contributed by atoms with E-state index in [9.17, 15) is 14.4 Å². The molecule has 0 bridgehead atoms. The molecule has 1 aromatic heterocycles. The second-order valence-corrected chi connectivity index (χ2v) is 7.13. The number of benzene rings is 1. The summed E-state index contributed by atoms with van der Waals surface area (Å²) in [4.78, 5) is 39.9. The molecule has 0 saturated heterocycles. The van der Waals surface area contributed by atoms with Crippen LogP contribution in [0.1, 0.15) is 15.2 Å². The molecule has 1 amide bonds. The normalized spacial score (nSPS) is 18.3. The number of hydrogen-bond acceptors (Lipinski definition) is 4. The fourth-order valence-electron chi connectivity index (χ4n) is 3.45. The lowest BCUT2D eigenvalue weighted by molar-refractivity contribution is -0.126. The smallest absolute Gasteiger partial charge is 0.259 e. The third kappa shape index (κ3) is 2.32. The number of hydrogen-bond donors (Lipinski definition) is 0. The van der Waals surface area contributed by atoms with Gasteiger partial charge in [-0.05, 0) is 41.3 Å². The minimum atomic E-state index is -0.936. The van der Waals surface area contributed by atoms with Gasteiger partial charge < -0.3 is 4.90 Å². The Morgan fingerprint density at radius 3 is 2.31 bits per heavy atom. The highest BCUT2D eigenvalue weighted by molar-refractivity contribution is 7.12. The molecule has 128 valence electrons. The van der Waals surface area contributed by atoms with Gasteiger partial charge in [-0.25, -0.2) is 0 Å². The average molecular weight is 361 g/mol. The number of thiophene rings is 1. The Morgan fingerprint density at radius 1 is 1.00 bits per heavy atom. The van der Waals surface area contributed by atoms with Crippen molar-refractivity contribution in [3.05, 3.63) is 88.2 Å². The summed E-state index contributed by atoms with van der Waals surface area (Å²) in [6.45, 7) is 0. The maximum atomic E-state index is 13.1. The van der Waals surface area contributed by atoms with Gasteiger partial charge in [0.25, 0.3) is 5.91 Å². The van der Waals surface area contributed by atoms with Crippen LogP contribution in [-0.4, -0.2) is 35.0 Å². The Kier molecular flexibility index (Phi) is 3.81. The molecule has 2 heterocycles. The number of nitrogens with zero attached hydrogens (tertiary/aromatic N) is 1. The molecule has 1 aliphatic carbocycles. The Labute approximate surface area is 154 Å². The van der Waals surface area contributed by atoms with E-state index >= 15 is 0 Å². The molecule has 2 aliphatic rings. The van der Waals surface area contributed by atoms with Crippen LogP contribution in [0.4, 0.5) is 0 Å². The van der Waals surface area contributed by atoms with E-state index in [1.54, 1.807) is 31.3 Å². The summed E-state index contributed by atoms with van der Waals surface area (Å²) in [6.07, 6.45) is 6.30. The Bertz CT molecular complexity index is 981. The van der Waals surface area contributed by atoms with Gasteiger partial charge in [-0.3, -0.25) is 14.4 Å². The number of Topliss-reactive ketones (excluding diaryl/α,β-unsaturated/α-hetero) is 1. The van der Waals surface area contributed by atoms with Crippen LogP contribution in [-0.2, 0) is 9.59 Å². The molecule has 0 N–H and O–H groups in total. The van der Waals surface area contributed by atoms with Crippen molar-refractivity contribution in [1.29, 1.82) is 0 Å². The van der Waals surface area contributed by atoms with Crippen molar-refractivity contribution < 1.29 is 14.4 Å². The average Bonchev–Trinajstić information content (AvgIpc) is 3.27. The van der Waals surface area contributed by atoms with Gasteiger partial charge in [0, 0.05) is 12.6 Å². The van der Waals surface area contributed by atoms with Gasteiger partial charge in [0.15, 0.2) is 5.78 Å². The molecule has 5 heteroatoms. The minimum absolute atomic E-state index is 0.137. The first kappa shape index (κ1) is 16.4. The van der Waals surface area contributed by atoms with Crippen molar-refractivity contribution in [3.8, 4) is 0 Å². The number of allylic oxidation sites excluding steroid dienone is 2. The first-order valence-electron chi connectivity index (χ1n) is 8.13. The van der Waals surface area contributed by atoms with Crippen LogP contribution < -0.4 is 0 Å². The number of ketones is 2. The second-order valence-electron chi connectivity index (χ2n) is 6.18. The Morgan fingerprint density at radius 2 is 1.69 bits per heavy atom. The number of carbonyl (C=O) groups excluding carboxylic acids is 3. The van der Waals surface area contributed by atoms with Crippen LogP contribution >= 0.6 is 11.3 Å². The molecule has 1 spiro atoms. The van der Waals surface area contributed by atoms with Gasteiger partial charge in [-0.2, -0.15) is 0 Å². The highest BCUT2D eigenvalue weighted by atomic mass is 32.1. The van der Waals surface area contributed by atoms with E-state index in [1.807, 2.05) is 35.7 Å². The third-order valence-corrected chi connectivity index (χ3v) is 5.63. The van der Waals surface area contributed by atoms with E-state index in [0.29, 0.717) is 10.5 Å². The SMILES string of the molecule is CN1C(=O)C(C(=O)c2cccs2)=C(c2ccccc2)C12C=CC(=O)C=C2. The molecular weight excluding hydrogens is 346 g/mol. The van der Waals surface area contributed by atoms with Crippen molar-refractivity contribution in [3.63, 3.8) is 0 Å². The van der Waals surface area contributed by atoms with Gasteiger partial charge in [-0.1, -0.05) is 36.4 Å². The highest BCUT2D eigenvalue weighted by Gasteiger charge is 2.50. The van der Waals surface area contributed by atoms with E-state index < -0.39 is 5.54 Å². The predicted octanol–water partition coefficient (Wildman–Crippen LogP) is 3.29. The van der Waals surface area contributed by atoms with Gasteiger partial charge in [0.2, 0.25) is 5.78 Å². The molecule has 0 unspecified atom stereocenters. The molecule has 0 radical (unpaired) electrons. The summed E-state index contributed by atoms with van der Waals surface area (Å²) in [5.41, 5.74) is 0.622. The van der Waals surface area contributed by atoms with Crippen molar-refractivity contribution in [2.75, 3.05) is 7.05 Å². The maximum absolute atomic E-state index is 13.1. The van der Waals surface area contributed by atoms with Crippen LogP contribution in [0.25, 0.3) is 5.57 Å². The van der Waals surface area contributed by atoms with Gasteiger partial charge in [-0.15, -0.1) is 11.3 Å². The van der Waals surface area contributed by atoms with Crippen molar-refractivity contribution in [2.24, 2.45) is 0 Å². The predicted molar refractivity (Wildman–Crippen MR) is 101 cm³/mol. The molecule has 1 aliphatic heterocycles. The molecule has 0 fully saturated rings. The summed E-state index contributed by atoms with van der Waals surface area (Å²) in [6, 6.07) is 12.9. The van der Waals surface area contributed by atoms with Crippen molar-refractivity contribution >= 4 is 34.4 Å². The number of carbonyl (C=O) groups is 3. The monoisotopic (exact) mass is 361 g/mol. The summed E-state index contributed by atoms with van der Waals surface area (Å²) in [7, 11) is 1.66. The number of rotatable bonds is 3. The van der Waals surface area contributed by atoms with Crippen LogP contribution in [0, 0.1) is 0 Å². The quantitative estimate of drug-likeness (QED) is 0.623. The molecule has 1 aromatic carbocycles. The Balaban J connectivity index is 2.01. The van der Waals surface area contributed by atoms with Crippen molar-refractivity contribution in [2.45, 2.75) is 5.54 Å². The van der Waals surface area contributed by atoms with E-state index in [4.69, 9.17) is 0 Å². The van der Waals surface area contributed by atoms with Crippen LogP contribution in [0.15, 0.2) is 77.7 Å².